The molecule has 1 saturated heterocycles. The molecule has 106 valence electrons. The van der Waals surface area contributed by atoms with Gasteiger partial charge in [-0.05, 0) is 24.3 Å². The molecule has 5 heteroatoms. The van der Waals surface area contributed by atoms with Crippen molar-refractivity contribution in [2.45, 2.75) is 32.5 Å². The second-order valence-corrected chi connectivity index (χ2v) is 4.84. The molecule has 1 heterocycles. The van der Waals surface area contributed by atoms with Crippen molar-refractivity contribution in [3.63, 3.8) is 0 Å². The molecule has 1 unspecified atom stereocenters. The number of benzene rings is 1. The normalized spacial score (nSPS) is 22.5. The highest BCUT2D eigenvalue weighted by molar-refractivity contribution is 5.85. The Morgan fingerprint density at radius 3 is 2.79 bits per heavy atom. The van der Waals surface area contributed by atoms with Crippen molar-refractivity contribution in [2.24, 2.45) is 11.7 Å². The third-order valence-corrected chi connectivity index (χ3v) is 3.44. The summed E-state index contributed by atoms with van der Waals surface area (Å²) in [5.41, 5.74) is 7.01. The van der Waals surface area contributed by atoms with E-state index in [-0.39, 0.29) is 24.7 Å². The number of nitrogens with two attached hydrogens (primary N) is 1. The number of halogens is 1. The average Bonchev–Trinajstić information content (AvgIpc) is 2.40. The molecule has 2 rings (SSSR count). The molecule has 0 bridgehead atoms. The summed E-state index contributed by atoms with van der Waals surface area (Å²) < 4.78 is 5.29. The van der Waals surface area contributed by atoms with Gasteiger partial charge < -0.3 is 10.5 Å². The monoisotopic (exact) mass is 284 g/mol. The van der Waals surface area contributed by atoms with Gasteiger partial charge in [0.05, 0.1) is 6.17 Å². The van der Waals surface area contributed by atoms with Crippen LogP contribution in [0.5, 0.6) is 0 Å². The van der Waals surface area contributed by atoms with E-state index in [4.69, 9.17) is 10.5 Å². The number of amides is 1. The fourth-order valence-electron chi connectivity index (χ4n) is 2.23. The molecule has 1 fully saturated rings. The molecule has 19 heavy (non-hydrogen) atoms. The highest BCUT2D eigenvalue weighted by atomic mass is 35.5. The second kappa shape index (κ2) is 7.36. The summed E-state index contributed by atoms with van der Waals surface area (Å²) in [5, 5.41) is 0. The first-order valence-electron chi connectivity index (χ1n) is 6.41. The van der Waals surface area contributed by atoms with Crippen LogP contribution in [0.2, 0.25) is 0 Å². The Hall–Kier alpha value is -1.26. The van der Waals surface area contributed by atoms with Crippen LogP contribution < -0.4 is 5.73 Å². The third kappa shape index (κ3) is 4.11. The van der Waals surface area contributed by atoms with Crippen LogP contribution in [-0.2, 0) is 11.3 Å². The highest BCUT2D eigenvalue weighted by Gasteiger charge is 2.29. The number of nitrogens with zero attached hydrogens (tertiary/aromatic N) is 1. The number of carbonyl (C=O) groups excluding carboxylic acids is 1. The van der Waals surface area contributed by atoms with Crippen molar-refractivity contribution in [3.05, 3.63) is 35.9 Å². The molecule has 2 atom stereocenters. The molecule has 1 amide bonds. The average molecular weight is 285 g/mol. The van der Waals surface area contributed by atoms with Crippen molar-refractivity contribution < 1.29 is 9.53 Å². The Balaban J connectivity index is 0.00000180. The molecule has 0 aromatic heterocycles. The van der Waals surface area contributed by atoms with Crippen molar-refractivity contribution in [1.82, 2.24) is 4.90 Å². The summed E-state index contributed by atoms with van der Waals surface area (Å²) >= 11 is 0. The summed E-state index contributed by atoms with van der Waals surface area (Å²) in [6, 6.07) is 9.67. The van der Waals surface area contributed by atoms with E-state index in [1.165, 1.54) is 0 Å². The van der Waals surface area contributed by atoms with Crippen LogP contribution in [0, 0.1) is 5.92 Å². The number of hydrogen-bond donors (Lipinski definition) is 1. The zero-order valence-electron chi connectivity index (χ0n) is 11.1. The van der Waals surface area contributed by atoms with E-state index in [1.54, 1.807) is 4.90 Å². The molecule has 4 nitrogen and oxygen atoms in total. The minimum Gasteiger partial charge on any atom is -0.445 e. The molecule has 1 aromatic carbocycles. The lowest BCUT2D eigenvalue weighted by atomic mass is 9.97. The number of likely N-dealkylation sites (tertiary alicyclic amines) is 1. The van der Waals surface area contributed by atoms with Crippen LogP contribution in [-0.4, -0.2) is 23.7 Å². The maximum absolute atomic E-state index is 12.0. The number of piperidine rings is 1. The molecule has 0 aliphatic carbocycles. The van der Waals surface area contributed by atoms with Gasteiger partial charge in [-0.1, -0.05) is 37.3 Å². The van der Waals surface area contributed by atoms with Gasteiger partial charge in [0, 0.05) is 6.54 Å². The van der Waals surface area contributed by atoms with Gasteiger partial charge in [-0.15, -0.1) is 12.4 Å². The minimum absolute atomic E-state index is 0. The van der Waals surface area contributed by atoms with E-state index < -0.39 is 0 Å². The maximum Gasteiger partial charge on any atom is 0.411 e. The molecule has 0 saturated carbocycles. The van der Waals surface area contributed by atoms with Crippen LogP contribution in [0.15, 0.2) is 30.3 Å². The standard InChI is InChI=1S/C14H20N2O2.ClH/c1-11-6-5-9-16(13(11)15)14(17)18-10-12-7-3-2-4-8-12;/h2-4,7-8,11,13H,5-6,9-10,15H2,1H3;1H/t11-,13?;/m1./s1. The summed E-state index contributed by atoms with van der Waals surface area (Å²) in [6.45, 7) is 3.07. The van der Waals surface area contributed by atoms with Crippen LogP contribution in [0.25, 0.3) is 0 Å². The molecular formula is C14H21ClN2O2. The number of carbonyl (C=O) groups is 1. The van der Waals surface area contributed by atoms with Gasteiger partial charge in [0.15, 0.2) is 0 Å². The minimum atomic E-state index is -0.307. The zero-order valence-corrected chi connectivity index (χ0v) is 11.9. The third-order valence-electron chi connectivity index (χ3n) is 3.44. The predicted octanol–water partition coefficient (Wildman–Crippen LogP) is 2.76. The van der Waals surface area contributed by atoms with Crippen molar-refractivity contribution in [1.29, 1.82) is 0 Å². The number of rotatable bonds is 2. The molecular weight excluding hydrogens is 264 g/mol. The van der Waals surface area contributed by atoms with E-state index in [9.17, 15) is 4.79 Å². The van der Waals surface area contributed by atoms with Gasteiger partial charge in [0.1, 0.15) is 6.61 Å². The lowest BCUT2D eigenvalue weighted by Gasteiger charge is -2.36. The van der Waals surface area contributed by atoms with Gasteiger partial charge in [0.25, 0.3) is 0 Å². The lowest BCUT2D eigenvalue weighted by molar-refractivity contribution is 0.0539. The van der Waals surface area contributed by atoms with Crippen LogP contribution in [0.1, 0.15) is 25.3 Å². The summed E-state index contributed by atoms with van der Waals surface area (Å²) in [5.74, 6) is 0.336. The van der Waals surface area contributed by atoms with Gasteiger partial charge in [-0.2, -0.15) is 0 Å². The largest absolute Gasteiger partial charge is 0.445 e. The maximum atomic E-state index is 12.0. The fourth-order valence-corrected chi connectivity index (χ4v) is 2.23. The van der Waals surface area contributed by atoms with Crippen LogP contribution >= 0.6 is 12.4 Å². The predicted molar refractivity (Wildman–Crippen MR) is 77.0 cm³/mol. The van der Waals surface area contributed by atoms with Crippen molar-refractivity contribution in [3.8, 4) is 0 Å². The topological polar surface area (TPSA) is 55.6 Å². The van der Waals surface area contributed by atoms with E-state index in [1.807, 2.05) is 30.3 Å². The smallest absolute Gasteiger partial charge is 0.411 e. The van der Waals surface area contributed by atoms with E-state index in [0.717, 1.165) is 18.4 Å². The van der Waals surface area contributed by atoms with E-state index in [2.05, 4.69) is 6.92 Å². The first kappa shape index (κ1) is 15.8. The first-order chi connectivity index (χ1) is 8.68. The molecule has 1 aliphatic rings. The van der Waals surface area contributed by atoms with Gasteiger partial charge in [0.2, 0.25) is 0 Å². The van der Waals surface area contributed by atoms with Gasteiger partial charge in [-0.3, -0.25) is 4.90 Å². The molecule has 1 aliphatic heterocycles. The Morgan fingerprint density at radius 1 is 1.42 bits per heavy atom. The molecule has 2 N–H and O–H groups in total. The van der Waals surface area contributed by atoms with E-state index >= 15 is 0 Å². The summed E-state index contributed by atoms with van der Waals surface area (Å²) in [6.07, 6.45) is 1.54. The Kier molecular flexibility index (Phi) is 6.12. The van der Waals surface area contributed by atoms with E-state index in [0.29, 0.717) is 19.1 Å². The number of hydrogen-bond acceptors (Lipinski definition) is 3. The quantitative estimate of drug-likeness (QED) is 0.908. The highest BCUT2D eigenvalue weighted by Crippen LogP contribution is 2.20. The summed E-state index contributed by atoms with van der Waals surface area (Å²) in [7, 11) is 0. The number of ether oxygens (including phenoxy) is 1. The Morgan fingerprint density at radius 2 is 2.11 bits per heavy atom. The van der Waals surface area contributed by atoms with Crippen LogP contribution in [0.3, 0.4) is 0 Å². The first-order valence-corrected chi connectivity index (χ1v) is 6.41. The zero-order chi connectivity index (χ0) is 13.0. The van der Waals surface area contributed by atoms with Crippen molar-refractivity contribution >= 4 is 18.5 Å². The van der Waals surface area contributed by atoms with Gasteiger partial charge in [-0.25, -0.2) is 4.79 Å². The Bertz CT molecular complexity index is 400. The summed E-state index contributed by atoms with van der Waals surface area (Å²) in [4.78, 5) is 13.6. The van der Waals surface area contributed by atoms with Gasteiger partial charge >= 0.3 is 6.09 Å². The SMILES string of the molecule is C[C@@H]1CCCN(C(=O)OCc2ccccc2)C1N.Cl. The molecule has 0 spiro atoms. The second-order valence-electron chi connectivity index (χ2n) is 4.84. The molecule has 0 radical (unpaired) electrons. The molecule has 1 aromatic rings. The van der Waals surface area contributed by atoms with Crippen molar-refractivity contribution in [2.75, 3.05) is 6.54 Å². The Labute approximate surface area is 120 Å². The van der Waals surface area contributed by atoms with Crippen LogP contribution in [0.4, 0.5) is 4.79 Å². The lowest BCUT2D eigenvalue weighted by Crippen LogP contribution is -2.52. The fraction of sp³-hybridized carbons (Fsp3) is 0.500.